The minimum Gasteiger partial charge on any atom is -0.490 e. The normalized spacial score (nSPS) is 20.5. The van der Waals surface area contributed by atoms with Gasteiger partial charge in [-0.2, -0.15) is 13.2 Å². The predicted octanol–water partition coefficient (Wildman–Crippen LogP) is 4.48. The summed E-state index contributed by atoms with van der Waals surface area (Å²) in [6, 6.07) is 6.23. The number of rotatable bonds is 7. The van der Waals surface area contributed by atoms with Crippen molar-refractivity contribution in [1.29, 1.82) is 0 Å². The number of hydrogen-bond acceptors (Lipinski definition) is 3. The molecular weight excluding hydrogens is 520 g/mol. The first-order valence-electron chi connectivity index (χ1n) is 10.8. The van der Waals surface area contributed by atoms with Gasteiger partial charge in [0.05, 0.1) is 12.6 Å². The van der Waals surface area contributed by atoms with Gasteiger partial charge in [-0.1, -0.05) is 12.1 Å². The molecule has 1 saturated heterocycles. The second-order valence-electron chi connectivity index (χ2n) is 8.45. The van der Waals surface area contributed by atoms with Crippen molar-refractivity contribution in [2.45, 2.75) is 57.9 Å². The number of ether oxygens (including phenoxy) is 1. The highest BCUT2D eigenvalue weighted by Gasteiger charge is 2.34. The third-order valence-electron chi connectivity index (χ3n) is 5.82. The zero-order chi connectivity index (χ0) is 21.6. The van der Waals surface area contributed by atoms with E-state index in [-0.39, 0.29) is 29.9 Å². The lowest BCUT2D eigenvalue weighted by Crippen LogP contribution is -2.40. The molecule has 1 unspecified atom stereocenters. The molecule has 1 aliphatic heterocycles. The van der Waals surface area contributed by atoms with Gasteiger partial charge in [0, 0.05) is 32.2 Å². The van der Waals surface area contributed by atoms with Crippen LogP contribution in [-0.2, 0) is 6.54 Å². The lowest BCUT2D eigenvalue weighted by Gasteiger charge is -2.20. The fourth-order valence-electron chi connectivity index (χ4n) is 4.22. The first-order valence-corrected chi connectivity index (χ1v) is 10.8. The molecule has 31 heavy (non-hydrogen) atoms. The van der Waals surface area contributed by atoms with Gasteiger partial charge in [0.2, 0.25) is 0 Å². The van der Waals surface area contributed by atoms with E-state index in [2.05, 4.69) is 40.7 Å². The van der Waals surface area contributed by atoms with Crippen molar-refractivity contribution in [3.05, 3.63) is 29.3 Å². The molecule has 1 aromatic rings. The van der Waals surface area contributed by atoms with Crippen LogP contribution in [0.3, 0.4) is 0 Å². The monoisotopic (exact) mass is 554 g/mol. The molecule has 1 aliphatic carbocycles. The number of hydrogen-bond donors (Lipinski definition) is 2. The van der Waals surface area contributed by atoms with Crippen LogP contribution in [0, 0.1) is 12.8 Å². The maximum absolute atomic E-state index is 12.6. The highest BCUT2D eigenvalue weighted by atomic mass is 127. The molecule has 2 aliphatic rings. The van der Waals surface area contributed by atoms with Crippen molar-refractivity contribution in [1.82, 2.24) is 15.5 Å². The van der Waals surface area contributed by atoms with Gasteiger partial charge in [0.1, 0.15) is 5.75 Å². The molecule has 1 saturated carbocycles. The molecule has 0 radical (unpaired) electrons. The van der Waals surface area contributed by atoms with Crippen LogP contribution < -0.4 is 15.4 Å². The number of halogens is 4. The number of aliphatic imine (C=N–C) groups is 1. The molecule has 0 bridgehead atoms. The summed E-state index contributed by atoms with van der Waals surface area (Å²) in [7, 11) is 1.70. The molecule has 1 aromatic carbocycles. The summed E-state index contributed by atoms with van der Waals surface area (Å²) in [4.78, 5) is 5.73. The molecule has 2 fully saturated rings. The van der Waals surface area contributed by atoms with Gasteiger partial charge in [-0.15, -0.1) is 24.0 Å². The number of likely N-dealkylation sites (tertiary alicyclic amines) is 1. The Hall–Kier alpha value is -1.23. The van der Waals surface area contributed by atoms with Gasteiger partial charge >= 0.3 is 6.18 Å². The van der Waals surface area contributed by atoms with E-state index < -0.39 is 12.7 Å². The number of guanidine groups is 1. The van der Waals surface area contributed by atoms with Crippen LogP contribution in [0.15, 0.2) is 23.2 Å². The zero-order valence-electron chi connectivity index (χ0n) is 18.3. The lowest BCUT2D eigenvalue weighted by molar-refractivity contribution is -0.143. The third kappa shape index (κ3) is 8.67. The van der Waals surface area contributed by atoms with E-state index in [0.29, 0.717) is 38.2 Å². The fourth-order valence-corrected chi connectivity index (χ4v) is 4.22. The Kier molecular flexibility index (Phi) is 10.2. The van der Waals surface area contributed by atoms with Gasteiger partial charge in [0.15, 0.2) is 5.96 Å². The molecule has 1 heterocycles. The molecule has 176 valence electrons. The molecular formula is C22H34F3IN4O. The van der Waals surface area contributed by atoms with Gasteiger partial charge in [-0.25, -0.2) is 0 Å². The van der Waals surface area contributed by atoms with Crippen LogP contribution in [-0.4, -0.2) is 56.4 Å². The molecule has 9 heteroatoms. The third-order valence-corrected chi connectivity index (χ3v) is 5.82. The highest BCUT2D eigenvalue weighted by Crippen LogP contribution is 2.27. The van der Waals surface area contributed by atoms with E-state index in [9.17, 15) is 13.2 Å². The maximum Gasteiger partial charge on any atom is 0.401 e. The van der Waals surface area contributed by atoms with E-state index in [4.69, 9.17) is 4.74 Å². The summed E-state index contributed by atoms with van der Waals surface area (Å²) in [6.45, 7) is 3.36. The first kappa shape index (κ1) is 26.0. The Morgan fingerprint density at radius 1 is 1.19 bits per heavy atom. The minimum atomic E-state index is -4.13. The van der Waals surface area contributed by atoms with Crippen molar-refractivity contribution in [2.75, 3.05) is 33.2 Å². The highest BCUT2D eigenvalue weighted by molar-refractivity contribution is 14.0. The summed E-state index contributed by atoms with van der Waals surface area (Å²) >= 11 is 0. The van der Waals surface area contributed by atoms with E-state index in [1.807, 2.05) is 0 Å². The van der Waals surface area contributed by atoms with E-state index >= 15 is 0 Å². The molecule has 0 amide bonds. The molecule has 0 aromatic heterocycles. The summed E-state index contributed by atoms with van der Waals surface area (Å²) in [6.07, 6.45) is 1.59. The summed E-state index contributed by atoms with van der Waals surface area (Å²) < 4.78 is 43.9. The van der Waals surface area contributed by atoms with Gasteiger partial charge in [-0.3, -0.25) is 9.89 Å². The van der Waals surface area contributed by atoms with Crippen LogP contribution in [0.1, 0.15) is 43.2 Å². The number of aryl methyl sites for hydroxylation is 1. The number of benzene rings is 1. The Balaban J connectivity index is 0.00000341. The van der Waals surface area contributed by atoms with Crippen molar-refractivity contribution in [2.24, 2.45) is 10.9 Å². The second-order valence-corrected chi connectivity index (χ2v) is 8.45. The summed E-state index contributed by atoms with van der Waals surface area (Å²) in [5.74, 6) is 1.76. The van der Waals surface area contributed by atoms with Crippen LogP contribution in [0.4, 0.5) is 13.2 Å². The van der Waals surface area contributed by atoms with Crippen LogP contribution in [0.2, 0.25) is 0 Å². The summed E-state index contributed by atoms with van der Waals surface area (Å²) in [5.41, 5.74) is 2.24. The maximum atomic E-state index is 12.6. The summed E-state index contributed by atoms with van der Waals surface area (Å²) in [5, 5.41) is 6.57. The Morgan fingerprint density at radius 2 is 1.94 bits per heavy atom. The molecule has 5 nitrogen and oxygen atoms in total. The molecule has 1 atom stereocenters. The Bertz CT molecular complexity index is 723. The van der Waals surface area contributed by atoms with E-state index in [0.717, 1.165) is 30.6 Å². The largest absolute Gasteiger partial charge is 0.490 e. The van der Waals surface area contributed by atoms with Gasteiger partial charge in [-0.05, 0) is 63.1 Å². The minimum absolute atomic E-state index is 0. The van der Waals surface area contributed by atoms with Crippen molar-refractivity contribution < 1.29 is 17.9 Å². The Morgan fingerprint density at radius 3 is 2.61 bits per heavy atom. The van der Waals surface area contributed by atoms with Crippen LogP contribution in [0.25, 0.3) is 0 Å². The second kappa shape index (κ2) is 12.1. The standard InChI is InChI=1S/C22H33F3N4O.HI/c1-16-7-8-18(20(11-16)30-19-5-3-4-6-19)13-28-21(26-2)27-12-17-9-10-29(14-17)15-22(23,24)25;/h7-8,11,17,19H,3-6,9-10,12-15H2,1-2H3,(H2,26,27,28);1H. The number of nitrogens with one attached hydrogen (secondary N) is 2. The van der Waals surface area contributed by atoms with Crippen molar-refractivity contribution in [3.63, 3.8) is 0 Å². The molecule has 3 rings (SSSR count). The topological polar surface area (TPSA) is 48.9 Å². The van der Waals surface area contributed by atoms with Crippen molar-refractivity contribution >= 4 is 29.9 Å². The Labute approximate surface area is 200 Å². The van der Waals surface area contributed by atoms with Crippen LogP contribution >= 0.6 is 24.0 Å². The van der Waals surface area contributed by atoms with Crippen molar-refractivity contribution in [3.8, 4) is 5.75 Å². The average molecular weight is 554 g/mol. The first-order chi connectivity index (χ1) is 14.3. The SMILES string of the molecule is CN=C(NCc1ccc(C)cc1OC1CCCC1)NCC1CCN(CC(F)(F)F)C1.I. The van der Waals surface area contributed by atoms with E-state index in [1.54, 1.807) is 7.05 Å². The van der Waals surface area contributed by atoms with Gasteiger partial charge < -0.3 is 15.4 Å². The zero-order valence-corrected chi connectivity index (χ0v) is 20.6. The predicted molar refractivity (Wildman–Crippen MR) is 128 cm³/mol. The molecule has 0 spiro atoms. The van der Waals surface area contributed by atoms with E-state index in [1.165, 1.54) is 23.3 Å². The number of nitrogens with zero attached hydrogens (tertiary/aromatic N) is 2. The fraction of sp³-hybridized carbons (Fsp3) is 0.682. The molecule has 2 N–H and O–H groups in total. The number of alkyl halides is 3. The van der Waals surface area contributed by atoms with Crippen LogP contribution in [0.5, 0.6) is 5.75 Å². The smallest absolute Gasteiger partial charge is 0.401 e. The quantitative estimate of drug-likeness (QED) is 0.297. The van der Waals surface area contributed by atoms with Gasteiger partial charge in [0.25, 0.3) is 0 Å². The average Bonchev–Trinajstić information content (AvgIpc) is 3.34. The lowest BCUT2D eigenvalue weighted by atomic mass is 10.1.